The molecule has 2 aromatic carbocycles. The Kier molecular flexibility index (Phi) is 9.79. The molecule has 0 fully saturated rings. The van der Waals surface area contributed by atoms with Crippen LogP contribution in [0.2, 0.25) is 10.0 Å². The molecule has 34 heavy (non-hydrogen) atoms. The first-order valence-electron chi connectivity index (χ1n) is 10.9. The summed E-state index contributed by atoms with van der Waals surface area (Å²) in [6, 6.07) is 10.9. The van der Waals surface area contributed by atoms with Crippen LogP contribution < -0.4 is 9.62 Å². The Bertz CT molecular complexity index is 1140. The zero-order chi connectivity index (χ0) is 25.6. The summed E-state index contributed by atoms with van der Waals surface area (Å²) < 4.78 is 26.3. The highest BCUT2D eigenvalue weighted by molar-refractivity contribution is 7.92. The second-order valence-electron chi connectivity index (χ2n) is 8.35. The molecular formula is C24H31Cl2N3O4S. The number of nitrogens with one attached hydrogen (secondary N) is 1. The maximum atomic E-state index is 13.5. The van der Waals surface area contributed by atoms with Crippen molar-refractivity contribution in [2.75, 3.05) is 17.1 Å². The highest BCUT2D eigenvalue weighted by Gasteiger charge is 2.31. The van der Waals surface area contributed by atoms with Crippen LogP contribution in [0.1, 0.15) is 38.3 Å². The third-order valence-corrected chi connectivity index (χ3v) is 7.13. The van der Waals surface area contributed by atoms with Gasteiger partial charge in [0, 0.05) is 22.6 Å². The SMILES string of the molecule is CC[C@H](C)NC(=O)[C@@H](C)N(Cc1cccc(Cl)c1)C(=O)CN(c1cc(Cl)ccc1C)S(C)(=O)=O. The molecule has 0 saturated carbocycles. The highest BCUT2D eigenvalue weighted by atomic mass is 35.5. The number of sulfonamides is 1. The monoisotopic (exact) mass is 527 g/mol. The van der Waals surface area contributed by atoms with E-state index >= 15 is 0 Å². The molecule has 0 aliphatic rings. The molecule has 0 bridgehead atoms. The van der Waals surface area contributed by atoms with E-state index in [9.17, 15) is 18.0 Å². The first-order chi connectivity index (χ1) is 15.8. The average molecular weight is 529 g/mol. The topological polar surface area (TPSA) is 86.8 Å². The van der Waals surface area contributed by atoms with E-state index in [4.69, 9.17) is 23.2 Å². The predicted octanol–water partition coefficient (Wildman–Crippen LogP) is 4.40. The van der Waals surface area contributed by atoms with Crippen molar-refractivity contribution in [1.29, 1.82) is 0 Å². The number of nitrogens with zero attached hydrogens (tertiary/aromatic N) is 2. The molecule has 0 aliphatic carbocycles. The number of rotatable bonds is 10. The summed E-state index contributed by atoms with van der Waals surface area (Å²) in [4.78, 5) is 27.8. The number of hydrogen-bond donors (Lipinski definition) is 1. The summed E-state index contributed by atoms with van der Waals surface area (Å²) in [5.41, 5.74) is 1.67. The van der Waals surface area contributed by atoms with Crippen molar-refractivity contribution in [3.05, 3.63) is 63.6 Å². The summed E-state index contributed by atoms with van der Waals surface area (Å²) in [6.45, 7) is 6.78. The van der Waals surface area contributed by atoms with Crippen LogP contribution in [-0.4, -0.2) is 50.0 Å². The third kappa shape index (κ3) is 7.61. The zero-order valence-corrected chi connectivity index (χ0v) is 22.3. The minimum Gasteiger partial charge on any atom is -0.352 e. The lowest BCUT2D eigenvalue weighted by Gasteiger charge is -2.32. The molecule has 2 atom stereocenters. The second-order valence-corrected chi connectivity index (χ2v) is 11.1. The fourth-order valence-corrected chi connectivity index (χ4v) is 4.60. The van der Waals surface area contributed by atoms with Crippen molar-refractivity contribution >= 4 is 50.7 Å². The summed E-state index contributed by atoms with van der Waals surface area (Å²) in [5.74, 6) is -0.855. The molecular weight excluding hydrogens is 497 g/mol. The van der Waals surface area contributed by atoms with Crippen LogP contribution in [0.3, 0.4) is 0 Å². The van der Waals surface area contributed by atoms with Gasteiger partial charge in [0.15, 0.2) is 0 Å². The minimum atomic E-state index is -3.83. The maximum absolute atomic E-state index is 13.5. The number of aryl methyl sites for hydroxylation is 1. The van der Waals surface area contributed by atoms with Crippen molar-refractivity contribution in [3.8, 4) is 0 Å². The van der Waals surface area contributed by atoms with Gasteiger partial charge in [0.05, 0.1) is 11.9 Å². The predicted molar refractivity (Wildman–Crippen MR) is 138 cm³/mol. The van der Waals surface area contributed by atoms with E-state index in [0.717, 1.165) is 17.0 Å². The van der Waals surface area contributed by atoms with Crippen molar-refractivity contribution in [2.24, 2.45) is 0 Å². The Labute approximate surface area is 212 Å². The van der Waals surface area contributed by atoms with E-state index in [1.54, 1.807) is 50.2 Å². The van der Waals surface area contributed by atoms with Crippen LogP contribution in [0.4, 0.5) is 5.69 Å². The van der Waals surface area contributed by atoms with Gasteiger partial charge in [-0.1, -0.05) is 48.3 Å². The summed E-state index contributed by atoms with van der Waals surface area (Å²) in [7, 11) is -3.83. The maximum Gasteiger partial charge on any atom is 0.244 e. The van der Waals surface area contributed by atoms with E-state index in [1.807, 2.05) is 13.8 Å². The molecule has 0 aliphatic heterocycles. The standard InChI is InChI=1S/C24H31Cl2N3O4S/c1-6-17(3)27-24(31)18(4)28(14-19-8-7-9-20(25)12-19)23(30)15-29(34(5,32)33)22-13-21(26)11-10-16(22)2/h7-13,17-18H,6,14-15H2,1-5H3,(H,27,31)/t17-,18+/m0/s1. The first-order valence-corrected chi connectivity index (χ1v) is 13.5. The van der Waals surface area contributed by atoms with Gasteiger partial charge in [-0.25, -0.2) is 8.42 Å². The molecule has 0 heterocycles. The van der Waals surface area contributed by atoms with Crippen LogP contribution in [0, 0.1) is 6.92 Å². The average Bonchev–Trinajstić information content (AvgIpc) is 2.76. The Morgan fingerprint density at radius 2 is 1.71 bits per heavy atom. The molecule has 0 radical (unpaired) electrons. The number of hydrogen-bond acceptors (Lipinski definition) is 4. The van der Waals surface area contributed by atoms with Crippen LogP contribution in [-0.2, 0) is 26.2 Å². The summed E-state index contributed by atoms with van der Waals surface area (Å²) >= 11 is 12.2. The van der Waals surface area contributed by atoms with E-state index in [1.165, 1.54) is 11.0 Å². The second kappa shape index (κ2) is 11.9. The number of amides is 2. The van der Waals surface area contributed by atoms with Gasteiger partial charge in [-0.3, -0.25) is 13.9 Å². The fourth-order valence-electron chi connectivity index (χ4n) is 3.33. The number of carbonyl (C=O) groups is 2. The molecule has 1 N–H and O–H groups in total. The van der Waals surface area contributed by atoms with Gasteiger partial charge >= 0.3 is 0 Å². The Morgan fingerprint density at radius 1 is 1.06 bits per heavy atom. The van der Waals surface area contributed by atoms with Crippen molar-refractivity contribution in [1.82, 2.24) is 10.2 Å². The van der Waals surface area contributed by atoms with Crippen LogP contribution in [0.25, 0.3) is 0 Å². The fraction of sp³-hybridized carbons (Fsp3) is 0.417. The van der Waals surface area contributed by atoms with E-state index in [2.05, 4.69) is 5.32 Å². The summed E-state index contributed by atoms with van der Waals surface area (Å²) in [6.07, 6.45) is 1.76. The molecule has 10 heteroatoms. The summed E-state index contributed by atoms with van der Waals surface area (Å²) in [5, 5.41) is 3.73. The number of benzene rings is 2. The number of carbonyl (C=O) groups excluding carboxylic acids is 2. The molecule has 186 valence electrons. The van der Waals surface area contributed by atoms with Crippen molar-refractivity contribution in [3.63, 3.8) is 0 Å². The van der Waals surface area contributed by atoms with E-state index in [0.29, 0.717) is 26.9 Å². The lowest BCUT2D eigenvalue weighted by Crippen LogP contribution is -2.52. The lowest BCUT2D eigenvalue weighted by atomic mass is 10.1. The molecule has 0 unspecified atom stereocenters. The smallest absolute Gasteiger partial charge is 0.244 e. The molecule has 2 aromatic rings. The van der Waals surface area contributed by atoms with Gasteiger partial charge in [0.2, 0.25) is 21.8 Å². The van der Waals surface area contributed by atoms with Crippen LogP contribution in [0.5, 0.6) is 0 Å². The molecule has 2 rings (SSSR count). The first kappa shape index (κ1) is 28.0. The molecule has 2 amide bonds. The van der Waals surface area contributed by atoms with E-state index < -0.39 is 28.5 Å². The Hall–Kier alpha value is -2.29. The van der Waals surface area contributed by atoms with Crippen molar-refractivity contribution in [2.45, 2.75) is 52.7 Å². The quantitative estimate of drug-likeness (QED) is 0.495. The Balaban J connectivity index is 2.43. The van der Waals surface area contributed by atoms with E-state index in [-0.39, 0.29) is 18.5 Å². The van der Waals surface area contributed by atoms with Gasteiger partial charge in [0.1, 0.15) is 12.6 Å². The van der Waals surface area contributed by atoms with Crippen LogP contribution in [0.15, 0.2) is 42.5 Å². The molecule has 0 spiro atoms. The zero-order valence-electron chi connectivity index (χ0n) is 20.0. The lowest BCUT2D eigenvalue weighted by molar-refractivity contribution is -0.139. The molecule has 0 aromatic heterocycles. The highest BCUT2D eigenvalue weighted by Crippen LogP contribution is 2.27. The van der Waals surface area contributed by atoms with Gasteiger partial charge in [-0.2, -0.15) is 0 Å². The van der Waals surface area contributed by atoms with Crippen molar-refractivity contribution < 1.29 is 18.0 Å². The van der Waals surface area contributed by atoms with Gasteiger partial charge in [-0.15, -0.1) is 0 Å². The van der Waals surface area contributed by atoms with Gasteiger partial charge in [-0.05, 0) is 62.6 Å². The number of halogens is 2. The normalized spacial score (nSPS) is 13.1. The van der Waals surface area contributed by atoms with Gasteiger partial charge < -0.3 is 10.2 Å². The third-order valence-electron chi connectivity index (χ3n) is 5.53. The Morgan fingerprint density at radius 3 is 2.29 bits per heavy atom. The minimum absolute atomic E-state index is 0.0697. The van der Waals surface area contributed by atoms with Crippen LogP contribution >= 0.6 is 23.2 Å². The largest absolute Gasteiger partial charge is 0.352 e. The molecule has 7 nitrogen and oxygen atoms in total. The van der Waals surface area contributed by atoms with Gasteiger partial charge in [0.25, 0.3) is 0 Å². The number of anilines is 1. The molecule has 0 saturated heterocycles.